The van der Waals surface area contributed by atoms with Crippen molar-refractivity contribution >= 4 is 0 Å². The molecule has 0 radical (unpaired) electrons. The second-order valence-electron chi connectivity index (χ2n) is 5.02. The van der Waals surface area contributed by atoms with Crippen molar-refractivity contribution in [2.45, 2.75) is 46.7 Å². The average Bonchev–Trinajstić information content (AvgIpc) is 2.49. The summed E-state index contributed by atoms with van der Waals surface area (Å²) in [4.78, 5) is 0. The quantitative estimate of drug-likeness (QED) is 0.791. The summed E-state index contributed by atoms with van der Waals surface area (Å²) in [5.74, 6) is 0.527. The van der Waals surface area contributed by atoms with Crippen LogP contribution in [0.1, 0.15) is 37.2 Å². The predicted molar refractivity (Wildman–Crippen MR) is 69.9 cm³/mol. The van der Waals surface area contributed by atoms with Gasteiger partial charge in [-0.15, -0.1) is 0 Å². The highest BCUT2D eigenvalue weighted by atomic mass is 16.3. The highest BCUT2D eigenvalue weighted by Gasteiger charge is 2.14. The Morgan fingerprint density at radius 2 is 2.00 bits per heavy atom. The maximum Gasteiger partial charge on any atom is 0.0641 e. The molecule has 1 aromatic heterocycles. The second-order valence-corrected chi connectivity index (χ2v) is 5.02. The summed E-state index contributed by atoms with van der Waals surface area (Å²) in [6.07, 6.45) is 0.802. The van der Waals surface area contributed by atoms with E-state index in [4.69, 9.17) is 5.11 Å². The Bertz CT molecular complexity index is 358. The van der Waals surface area contributed by atoms with Crippen LogP contribution in [0.5, 0.6) is 0 Å². The van der Waals surface area contributed by atoms with E-state index < -0.39 is 0 Å². The minimum absolute atomic E-state index is 0.237. The zero-order valence-electron chi connectivity index (χ0n) is 11.6. The average molecular weight is 239 g/mol. The van der Waals surface area contributed by atoms with E-state index in [0.29, 0.717) is 12.0 Å². The predicted octanol–water partition coefficient (Wildman–Crippen LogP) is 1.53. The summed E-state index contributed by atoms with van der Waals surface area (Å²) >= 11 is 0. The molecule has 0 bridgehead atoms. The molecule has 1 atom stereocenters. The molecule has 2 N–H and O–H groups in total. The zero-order valence-corrected chi connectivity index (χ0v) is 11.6. The smallest absolute Gasteiger partial charge is 0.0641 e. The molecule has 1 unspecified atom stereocenters. The minimum atomic E-state index is 0.237. The Hall–Kier alpha value is -0.870. The molecular weight excluding hydrogens is 214 g/mol. The third-order valence-corrected chi connectivity index (χ3v) is 3.44. The Morgan fingerprint density at radius 3 is 2.41 bits per heavy atom. The summed E-state index contributed by atoms with van der Waals surface area (Å²) in [6, 6.07) is 0.360. The van der Waals surface area contributed by atoms with Crippen molar-refractivity contribution < 1.29 is 5.11 Å². The van der Waals surface area contributed by atoms with E-state index >= 15 is 0 Å². The first-order valence-corrected chi connectivity index (χ1v) is 6.30. The van der Waals surface area contributed by atoms with E-state index in [0.717, 1.165) is 18.7 Å². The lowest BCUT2D eigenvalue weighted by molar-refractivity contribution is 0.243. The normalized spacial score (nSPS) is 13.4. The monoisotopic (exact) mass is 239 g/mol. The van der Waals surface area contributed by atoms with E-state index in [1.807, 2.05) is 18.7 Å². The van der Waals surface area contributed by atoms with Gasteiger partial charge in [-0.3, -0.25) is 4.68 Å². The molecule has 17 heavy (non-hydrogen) atoms. The van der Waals surface area contributed by atoms with Crippen molar-refractivity contribution in [2.75, 3.05) is 6.61 Å². The minimum Gasteiger partial charge on any atom is -0.396 e. The van der Waals surface area contributed by atoms with Gasteiger partial charge in [-0.1, -0.05) is 13.8 Å². The number of rotatable bonds is 6. The topological polar surface area (TPSA) is 50.1 Å². The van der Waals surface area contributed by atoms with Crippen molar-refractivity contribution in [3.63, 3.8) is 0 Å². The highest BCUT2D eigenvalue weighted by Crippen LogP contribution is 2.13. The van der Waals surface area contributed by atoms with Crippen LogP contribution in [0.15, 0.2) is 0 Å². The molecule has 1 aromatic rings. The van der Waals surface area contributed by atoms with Crippen LogP contribution >= 0.6 is 0 Å². The molecule has 0 amide bonds. The Balaban J connectivity index is 2.65. The third-order valence-electron chi connectivity index (χ3n) is 3.44. The fourth-order valence-electron chi connectivity index (χ4n) is 2.12. The number of hydrogen-bond acceptors (Lipinski definition) is 3. The molecule has 0 aliphatic carbocycles. The van der Waals surface area contributed by atoms with Gasteiger partial charge in [0, 0.05) is 37.5 Å². The molecule has 4 heteroatoms. The van der Waals surface area contributed by atoms with Crippen LogP contribution in [-0.4, -0.2) is 27.5 Å². The van der Waals surface area contributed by atoms with Gasteiger partial charge in [-0.05, 0) is 26.2 Å². The molecule has 0 saturated heterocycles. The van der Waals surface area contributed by atoms with Crippen LogP contribution in [0.25, 0.3) is 0 Å². The lowest BCUT2D eigenvalue weighted by atomic mass is 10.0. The maximum atomic E-state index is 9.04. The van der Waals surface area contributed by atoms with Gasteiger partial charge in [0.25, 0.3) is 0 Å². The summed E-state index contributed by atoms with van der Waals surface area (Å²) in [7, 11) is 1.97. The number of hydrogen-bond donors (Lipinski definition) is 2. The molecule has 98 valence electrons. The Morgan fingerprint density at radius 1 is 1.35 bits per heavy atom. The molecule has 0 aliphatic heterocycles. The lowest BCUT2D eigenvalue weighted by Gasteiger charge is -2.21. The number of nitrogens with zero attached hydrogens (tertiary/aromatic N) is 2. The molecule has 1 heterocycles. The maximum absolute atomic E-state index is 9.04. The fourth-order valence-corrected chi connectivity index (χ4v) is 2.12. The van der Waals surface area contributed by atoms with Crippen LogP contribution in [0.2, 0.25) is 0 Å². The summed E-state index contributed by atoms with van der Waals surface area (Å²) in [5, 5.41) is 17.0. The lowest BCUT2D eigenvalue weighted by Crippen LogP contribution is -2.34. The van der Waals surface area contributed by atoms with E-state index in [2.05, 4.69) is 31.2 Å². The molecule has 0 fully saturated rings. The number of nitrogens with one attached hydrogen (secondary N) is 1. The molecule has 4 nitrogen and oxygen atoms in total. The summed E-state index contributed by atoms with van der Waals surface area (Å²) in [6.45, 7) is 9.55. The van der Waals surface area contributed by atoms with E-state index in [1.165, 1.54) is 11.3 Å². The largest absolute Gasteiger partial charge is 0.396 e. The first kappa shape index (κ1) is 14.2. The van der Waals surface area contributed by atoms with Crippen molar-refractivity contribution in [1.29, 1.82) is 0 Å². The number of aromatic nitrogens is 2. The van der Waals surface area contributed by atoms with Crippen LogP contribution in [-0.2, 0) is 13.6 Å². The Kier molecular flexibility index (Phi) is 5.15. The van der Waals surface area contributed by atoms with Gasteiger partial charge in [0.2, 0.25) is 0 Å². The molecule has 0 saturated carbocycles. The van der Waals surface area contributed by atoms with Crippen molar-refractivity contribution in [3.05, 3.63) is 17.0 Å². The number of aliphatic hydroxyl groups is 1. The SMILES string of the molecule is Cc1nn(C)c(C)c1CNC(CCO)C(C)C. The standard InChI is InChI=1S/C13H25N3O/c1-9(2)13(6-7-17)14-8-12-10(3)15-16(5)11(12)4/h9,13-14,17H,6-8H2,1-5H3. The van der Waals surface area contributed by atoms with Gasteiger partial charge in [-0.25, -0.2) is 0 Å². The van der Waals surface area contributed by atoms with Crippen molar-refractivity contribution in [2.24, 2.45) is 13.0 Å². The number of aryl methyl sites for hydroxylation is 2. The van der Waals surface area contributed by atoms with Gasteiger partial charge >= 0.3 is 0 Å². The fraction of sp³-hybridized carbons (Fsp3) is 0.769. The highest BCUT2D eigenvalue weighted by molar-refractivity contribution is 5.24. The molecular formula is C13H25N3O. The molecule has 1 rings (SSSR count). The van der Waals surface area contributed by atoms with E-state index in [9.17, 15) is 0 Å². The second kappa shape index (κ2) is 6.17. The van der Waals surface area contributed by atoms with Gasteiger partial charge in [-0.2, -0.15) is 5.10 Å². The third kappa shape index (κ3) is 3.54. The van der Waals surface area contributed by atoms with Crippen molar-refractivity contribution in [3.8, 4) is 0 Å². The van der Waals surface area contributed by atoms with Gasteiger partial charge < -0.3 is 10.4 Å². The summed E-state index contributed by atoms with van der Waals surface area (Å²) in [5.41, 5.74) is 3.57. The van der Waals surface area contributed by atoms with Gasteiger partial charge in [0.05, 0.1) is 5.69 Å². The Labute approximate surface area is 104 Å². The van der Waals surface area contributed by atoms with Crippen LogP contribution in [0, 0.1) is 19.8 Å². The van der Waals surface area contributed by atoms with Crippen LogP contribution < -0.4 is 5.32 Å². The first-order chi connectivity index (χ1) is 7.97. The summed E-state index contributed by atoms with van der Waals surface area (Å²) < 4.78 is 1.92. The number of aliphatic hydroxyl groups excluding tert-OH is 1. The molecule has 0 aromatic carbocycles. The van der Waals surface area contributed by atoms with E-state index in [-0.39, 0.29) is 6.61 Å². The zero-order chi connectivity index (χ0) is 13.0. The van der Waals surface area contributed by atoms with E-state index in [1.54, 1.807) is 0 Å². The first-order valence-electron chi connectivity index (χ1n) is 6.30. The van der Waals surface area contributed by atoms with Crippen molar-refractivity contribution in [1.82, 2.24) is 15.1 Å². The molecule has 0 spiro atoms. The molecule has 0 aliphatic rings. The van der Waals surface area contributed by atoms with Gasteiger partial charge in [0.1, 0.15) is 0 Å². The van der Waals surface area contributed by atoms with Gasteiger partial charge in [0.15, 0.2) is 0 Å². The van der Waals surface area contributed by atoms with Crippen LogP contribution in [0.4, 0.5) is 0 Å². The van der Waals surface area contributed by atoms with Crippen LogP contribution in [0.3, 0.4) is 0 Å².